The third kappa shape index (κ3) is 5.87. The van der Waals surface area contributed by atoms with Crippen LogP contribution in [0.25, 0.3) is 0 Å². The Labute approximate surface area is 93.0 Å². The fourth-order valence-corrected chi connectivity index (χ4v) is 2.14. The molecule has 2 nitrogen and oxygen atoms in total. The number of rotatable bonds is 6. The molecular formula is C9H25AlN2Si. The van der Waals surface area contributed by atoms with Crippen molar-refractivity contribution in [3.63, 3.8) is 0 Å². The molecule has 0 rings (SSSR count). The predicted molar refractivity (Wildman–Crippen MR) is 66.4 cm³/mol. The molecule has 0 radical (unpaired) electrons. The molecule has 0 fully saturated rings. The molecule has 4 heteroatoms. The van der Waals surface area contributed by atoms with Gasteiger partial charge in [0.05, 0.1) is 8.24 Å². The summed E-state index contributed by atoms with van der Waals surface area (Å²) in [6.07, 6.45) is 0. The summed E-state index contributed by atoms with van der Waals surface area (Å²) in [5, 5.41) is 0. The van der Waals surface area contributed by atoms with E-state index in [1.165, 1.54) is 42.7 Å². The normalized spacial score (nSPS) is 12.8. The molecule has 0 amide bonds. The van der Waals surface area contributed by atoms with Gasteiger partial charge < -0.3 is 8.45 Å². The van der Waals surface area contributed by atoms with Crippen molar-refractivity contribution >= 4 is 24.7 Å². The zero-order valence-electron chi connectivity index (χ0n) is 10.2. The second-order valence-corrected chi connectivity index (χ2v) is 11.7. The Morgan fingerprint density at radius 1 is 1.00 bits per heavy atom. The Hall–Kier alpha value is 0.669. The van der Waals surface area contributed by atoms with Crippen molar-refractivity contribution < 1.29 is 0 Å². The van der Waals surface area contributed by atoms with Gasteiger partial charge in [-0.25, -0.2) is 0 Å². The van der Waals surface area contributed by atoms with Crippen molar-refractivity contribution in [1.29, 1.82) is 0 Å². The second kappa shape index (κ2) is 6.21. The molecule has 0 saturated carbocycles. The molecular weight excluding hydrogens is 191 g/mol. The fraction of sp³-hybridized carbons (Fsp3) is 1.00. The van der Waals surface area contributed by atoms with Crippen LogP contribution >= 0.6 is 0 Å². The van der Waals surface area contributed by atoms with E-state index in [2.05, 4.69) is 41.9 Å². The van der Waals surface area contributed by atoms with Crippen molar-refractivity contribution in [2.45, 2.75) is 33.5 Å². The van der Waals surface area contributed by atoms with Crippen molar-refractivity contribution in [2.24, 2.45) is 0 Å². The van der Waals surface area contributed by atoms with Crippen LogP contribution in [0.15, 0.2) is 0 Å². The van der Waals surface area contributed by atoms with Crippen molar-refractivity contribution in [1.82, 2.24) is 8.45 Å². The lowest BCUT2D eigenvalue weighted by Gasteiger charge is -2.33. The van der Waals surface area contributed by atoms with Gasteiger partial charge in [0.2, 0.25) is 0 Å². The van der Waals surface area contributed by atoms with E-state index in [-0.39, 0.29) is 0 Å². The SMILES string of the molecule is CCN(CC)CC[N]([AlH2])[Si](C)(C)C. The van der Waals surface area contributed by atoms with E-state index in [1.54, 1.807) is 0 Å². The topological polar surface area (TPSA) is 6.48 Å². The monoisotopic (exact) mass is 216 g/mol. The summed E-state index contributed by atoms with van der Waals surface area (Å²) in [4.78, 5) is 2.50. The van der Waals surface area contributed by atoms with Gasteiger partial charge in [-0.3, -0.25) is 0 Å². The highest BCUT2D eigenvalue weighted by molar-refractivity contribution is 6.77. The molecule has 0 bridgehead atoms. The highest BCUT2D eigenvalue weighted by Gasteiger charge is 2.18. The van der Waals surface area contributed by atoms with Gasteiger partial charge in [0.1, 0.15) is 0 Å². The minimum absolute atomic E-state index is 0.985. The third-order valence-corrected chi connectivity index (χ3v) is 9.78. The number of likely N-dealkylation sites (N-methyl/N-ethyl adjacent to an activating group) is 1. The molecule has 0 aliphatic carbocycles. The summed E-state index contributed by atoms with van der Waals surface area (Å²) in [5.41, 5.74) is 0. The summed E-state index contributed by atoms with van der Waals surface area (Å²) in [6.45, 7) is 16.7. The molecule has 0 atom stereocenters. The van der Waals surface area contributed by atoms with Crippen LogP contribution in [0.4, 0.5) is 0 Å². The first-order chi connectivity index (χ1) is 5.91. The van der Waals surface area contributed by atoms with E-state index in [4.69, 9.17) is 0 Å². The van der Waals surface area contributed by atoms with Gasteiger partial charge in [0.15, 0.2) is 0 Å². The van der Waals surface area contributed by atoms with E-state index < -0.39 is 8.24 Å². The molecule has 0 spiro atoms. The maximum absolute atomic E-state index is 2.69. The van der Waals surface area contributed by atoms with E-state index in [0.717, 1.165) is 0 Å². The molecule has 0 unspecified atom stereocenters. The minimum Gasteiger partial charge on any atom is -0.413 e. The van der Waals surface area contributed by atoms with E-state index in [1.807, 2.05) is 0 Å². The lowest BCUT2D eigenvalue weighted by atomic mass is 10.5. The zero-order valence-corrected chi connectivity index (χ0v) is 13.2. The lowest BCUT2D eigenvalue weighted by Crippen LogP contribution is -2.47. The smallest absolute Gasteiger partial charge is 0.314 e. The van der Waals surface area contributed by atoms with Gasteiger partial charge >= 0.3 is 16.5 Å². The highest BCUT2D eigenvalue weighted by atomic mass is 28.3. The quantitative estimate of drug-likeness (QED) is 0.612. The van der Waals surface area contributed by atoms with E-state index in [0.29, 0.717) is 0 Å². The number of hydrogen-bond donors (Lipinski definition) is 0. The molecule has 0 N–H and O–H groups in total. The van der Waals surface area contributed by atoms with Crippen molar-refractivity contribution in [2.75, 3.05) is 26.2 Å². The Morgan fingerprint density at radius 2 is 1.46 bits per heavy atom. The fourth-order valence-electron chi connectivity index (χ4n) is 1.17. The summed E-state index contributed by atoms with van der Waals surface area (Å²) < 4.78 is 2.69. The van der Waals surface area contributed by atoms with Crippen LogP contribution in [0.3, 0.4) is 0 Å². The van der Waals surface area contributed by atoms with Crippen LogP contribution in [-0.2, 0) is 0 Å². The van der Waals surface area contributed by atoms with Gasteiger partial charge in [-0.1, -0.05) is 33.5 Å². The minimum atomic E-state index is -0.985. The summed E-state index contributed by atoms with van der Waals surface area (Å²) in [5.74, 6) is 0. The number of nitrogens with zero attached hydrogens (tertiary/aromatic N) is 2. The van der Waals surface area contributed by atoms with Gasteiger partial charge in [0, 0.05) is 6.54 Å². The summed E-state index contributed by atoms with van der Waals surface area (Å²) in [6, 6.07) is 0. The van der Waals surface area contributed by atoms with E-state index >= 15 is 0 Å². The first-order valence-corrected chi connectivity index (χ1v) is 9.69. The molecule has 0 aromatic rings. The Kier molecular flexibility index (Phi) is 6.53. The Balaban J connectivity index is 3.75. The maximum atomic E-state index is 2.69. The standard InChI is InChI=1S/C9H23N2Si.Al.2H/c1-6-11(7-2)9-8-10-12(3,4)5;;;/h6-9H2,1-5H3;;;/q-1;+1;;. The molecule has 0 saturated heterocycles. The Morgan fingerprint density at radius 3 is 1.77 bits per heavy atom. The van der Waals surface area contributed by atoms with Crippen LogP contribution in [-0.4, -0.2) is 59.4 Å². The molecule has 0 aliphatic heterocycles. The van der Waals surface area contributed by atoms with Crippen LogP contribution in [0.5, 0.6) is 0 Å². The van der Waals surface area contributed by atoms with Crippen molar-refractivity contribution in [3.05, 3.63) is 0 Å². The average Bonchev–Trinajstić information content (AvgIpc) is 2.04. The third-order valence-electron chi connectivity index (χ3n) is 2.79. The largest absolute Gasteiger partial charge is 0.413 e. The molecule has 13 heavy (non-hydrogen) atoms. The lowest BCUT2D eigenvalue weighted by molar-refractivity contribution is 0.295. The maximum Gasteiger partial charge on any atom is 0.314 e. The summed E-state index contributed by atoms with van der Waals surface area (Å²) in [7, 11) is -0.985. The van der Waals surface area contributed by atoms with Gasteiger partial charge in [-0.05, 0) is 19.6 Å². The number of hydrogen-bond acceptors (Lipinski definition) is 2. The molecule has 78 valence electrons. The van der Waals surface area contributed by atoms with Crippen molar-refractivity contribution in [3.8, 4) is 0 Å². The average molecular weight is 216 g/mol. The molecule has 0 aliphatic rings. The van der Waals surface area contributed by atoms with Crippen LogP contribution in [0.2, 0.25) is 19.6 Å². The highest BCUT2D eigenvalue weighted by Crippen LogP contribution is 2.05. The van der Waals surface area contributed by atoms with Crippen LogP contribution in [0.1, 0.15) is 13.8 Å². The summed E-state index contributed by atoms with van der Waals surface area (Å²) >= 11 is 1.23. The predicted octanol–water partition coefficient (Wildman–Crippen LogP) is 1.01. The Bertz CT molecular complexity index is 132. The molecule has 0 aromatic carbocycles. The van der Waals surface area contributed by atoms with Crippen LogP contribution in [0, 0.1) is 0 Å². The van der Waals surface area contributed by atoms with E-state index in [9.17, 15) is 0 Å². The molecule has 0 aromatic heterocycles. The molecule has 0 heterocycles. The van der Waals surface area contributed by atoms with Gasteiger partial charge in [-0.2, -0.15) is 0 Å². The zero-order chi connectivity index (χ0) is 10.5. The van der Waals surface area contributed by atoms with Gasteiger partial charge in [0.25, 0.3) is 0 Å². The first kappa shape index (κ1) is 13.7. The second-order valence-electron chi connectivity index (χ2n) is 4.62. The first-order valence-electron chi connectivity index (χ1n) is 5.35. The van der Waals surface area contributed by atoms with Gasteiger partial charge in [-0.15, -0.1) is 0 Å². The van der Waals surface area contributed by atoms with Crippen LogP contribution < -0.4 is 0 Å².